The zero-order valence-corrected chi connectivity index (χ0v) is 22.9. The van der Waals surface area contributed by atoms with Crippen molar-refractivity contribution in [3.63, 3.8) is 0 Å². The fraction of sp³-hybridized carbons (Fsp3) is 0.462. The van der Waals surface area contributed by atoms with Crippen LogP contribution in [0.15, 0.2) is 42.5 Å². The van der Waals surface area contributed by atoms with E-state index in [4.69, 9.17) is 11.6 Å². The van der Waals surface area contributed by atoms with E-state index in [1.54, 1.807) is 25.1 Å². The second-order valence-electron chi connectivity index (χ2n) is 9.16. The van der Waals surface area contributed by atoms with Crippen LogP contribution in [0.25, 0.3) is 0 Å². The highest BCUT2D eigenvalue weighted by atomic mass is 35.5. The molecule has 9 heteroatoms. The molecule has 0 spiro atoms. The molecule has 1 atom stereocenters. The van der Waals surface area contributed by atoms with Crippen molar-refractivity contribution in [1.82, 2.24) is 10.2 Å². The number of rotatable bonds is 11. The van der Waals surface area contributed by atoms with Crippen LogP contribution in [0.1, 0.15) is 50.3 Å². The van der Waals surface area contributed by atoms with E-state index in [0.29, 0.717) is 17.1 Å². The molecular formula is C26H36ClN3O4S. The number of sulfonamides is 1. The van der Waals surface area contributed by atoms with Gasteiger partial charge in [0, 0.05) is 30.6 Å². The van der Waals surface area contributed by atoms with Crippen molar-refractivity contribution in [1.29, 1.82) is 0 Å². The SMILES string of the molecule is Cc1ccc(N(CCCC(=O)N(Cc2ccccc2Cl)[C@@H](C)C(=O)NC(C)C)S(C)(=O)=O)cc1C. The van der Waals surface area contributed by atoms with Gasteiger partial charge in [0.1, 0.15) is 6.04 Å². The minimum atomic E-state index is -3.54. The van der Waals surface area contributed by atoms with Crippen LogP contribution in [0.5, 0.6) is 0 Å². The van der Waals surface area contributed by atoms with Gasteiger partial charge in [-0.25, -0.2) is 8.42 Å². The van der Waals surface area contributed by atoms with Gasteiger partial charge < -0.3 is 10.2 Å². The van der Waals surface area contributed by atoms with Crippen molar-refractivity contribution in [2.45, 2.75) is 66.1 Å². The van der Waals surface area contributed by atoms with Crippen LogP contribution in [0.3, 0.4) is 0 Å². The molecule has 0 heterocycles. The maximum atomic E-state index is 13.3. The third-order valence-corrected chi connectivity index (χ3v) is 7.39. The summed E-state index contributed by atoms with van der Waals surface area (Å²) < 4.78 is 26.3. The quantitative estimate of drug-likeness (QED) is 0.473. The van der Waals surface area contributed by atoms with Gasteiger partial charge >= 0.3 is 0 Å². The molecule has 7 nitrogen and oxygen atoms in total. The number of halogens is 1. The topological polar surface area (TPSA) is 86.8 Å². The van der Waals surface area contributed by atoms with E-state index in [9.17, 15) is 18.0 Å². The van der Waals surface area contributed by atoms with Crippen molar-refractivity contribution in [2.24, 2.45) is 0 Å². The Balaban J connectivity index is 2.20. The van der Waals surface area contributed by atoms with Gasteiger partial charge in [-0.15, -0.1) is 0 Å². The van der Waals surface area contributed by atoms with Crippen molar-refractivity contribution in [2.75, 3.05) is 17.1 Å². The van der Waals surface area contributed by atoms with Gasteiger partial charge in [0.2, 0.25) is 21.8 Å². The van der Waals surface area contributed by atoms with Crippen molar-refractivity contribution < 1.29 is 18.0 Å². The zero-order chi connectivity index (χ0) is 26.3. The summed E-state index contributed by atoms with van der Waals surface area (Å²) in [5, 5.41) is 3.36. The van der Waals surface area contributed by atoms with Gasteiger partial charge in [-0.1, -0.05) is 35.9 Å². The molecule has 35 heavy (non-hydrogen) atoms. The first kappa shape index (κ1) is 28.7. The first-order valence-electron chi connectivity index (χ1n) is 11.7. The fourth-order valence-electron chi connectivity index (χ4n) is 3.68. The molecule has 0 aromatic heterocycles. The van der Waals surface area contributed by atoms with Gasteiger partial charge in [-0.2, -0.15) is 0 Å². The molecule has 0 fully saturated rings. The minimum absolute atomic E-state index is 0.0662. The molecule has 0 radical (unpaired) electrons. The van der Waals surface area contributed by atoms with Crippen molar-refractivity contribution in [3.8, 4) is 0 Å². The van der Waals surface area contributed by atoms with E-state index in [1.165, 1.54) is 9.21 Å². The molecule has 2 amide bonds. The second kappa shape index (κ2) is 12.4. The summed E-state index contributed by atoms with van der Waals surface area (Å²) in [5.74, 6) is -0.502. The Bertz CT molecular complexity index is 1150. The van der Waals surface area contributed by atoms with Gasteiger partial charge in [0.15, 0.2) is 0 Å². The molecule has 1 N–H and O–H groups in total. The summed E-state index contributed by atoms with van der Waals surface area (Å²) in [6, 6.07) is 11.9. The van der Waals surface area contributed by atoms with E-state index in [-0.39, 0.29) is 37.4 Å². The zero-order valence-electron chi connectivity index (χ0n) is 21.3. The summed E-state index contributed by atoms with van der Waals surface area (Å²) in [4.78, 5) is 27.5. The van der Waals surface area contributed by atoms with Crippen LogP contribution in [0.4, 0.5) is 5.69 Å². The highest BCUT2D eigenvalue weighted by molar-refractivity contribution is 7.92. The average Bonchev–Trinajstić information content (AvgIpc) is 2.76. The molecule has 0 bridgehead atoms. The van der Waals surface area contributed by atoms with Crippen LogP contribution in [-0.2, 0) is 26.2 Å². The summed E-state index contributed by atoms with van der Waals surface area (Å²) >= 11 is 6.32. The molecule has 0 aliphatic rings. The Morgan fingerprint density at radius 2 is 1.69 bits per heavy atom. The minimum Gasteiger partial charge on any atom is -0.352 e. The molecular weight excluding hydrogens is 486 g/mol. The highest BCUT2D eigenvalue weighted by Gasteiger charge is 2.27. The lowest BCUT2D eigenvalue weighted by Crippen LogP contribution is -2.49. The van der Waals surface area contributed by atoms with Gasteiger partial charge in [-0.05, 0) is 75.9 Å². The van der Waals surface area contributed by atoms with Crippen LogP contribution in [0.2, 0.25) is 5.02 Å². The number of amides is 2. The van der Waals surface area contributed by atoms with Crippen molar-refractivity contribution >= 4 is 39.1 Å². The molecule has 2 aromatic carbocycles. The number of hydrogen-bond acceptors (Lipinski definition) is 4. The maximum Gasteiger partial charge on any atom is 0.242 e. The third-order valence-electron chi connectivity index (χ3n) is 5.83. The third kappa shape index (κ3) is 8.25. The predicted molar refractivity (Wildman–Crippen MR) is 142 cm³/mol. The summed E-state index contributed by atoms with van der Waals surface area (Å²) in [7, 11) is -3.54. The van der Waals surface area contributed by atoms with E-state index >= 15 is 0 Å². The lowest BCUT2D eigenvalue weighted by molar-refractivity contribution is -0.140. The number of nitrogens with zero attached hydrogens (tertiary/aromatic N) is 2. The Morgan fingerprint density at radius 1 is 1.03 bits per heavy atom. The van der Waals surface area contributed by atoms with E-state index in [2.05, 4.69) is 5.32 Å². The number of carbonyl (C=O) groups is 2. The molecule has 0 saturated heterocycles. The number of benzene rings is 2. The lowest BCUT2D eigenvalue weighted by atomic mass is 10.1. The van der Waals surface area contributed by atoms with E-state index in [0.717, 1.165) is 22.9 Å². The Kier molecular flexibility index (Phi) is 10.2. The Labute approximate surface area is 214 Å². The maximum absolute atomic E-state index is 13.3. The summed E-state index contributed by atoms with van der Waals surface area (Å²) in [6.07, 6.45) is 1.54. The first-order valence-corrected chi connectivity index (χ1v) is 13.9. The number of aryl methyl sites for hydroxylation is 2. The molecule has 192 valence electrons. The standard InChI is InChI=1S/C26H36ClN3O4S/c1-18(2)28-26(32)21(5)29(17-22-10-7-8-11-24(22)27)25(31)12-9-15-30(35(6,33)34)23-14-13-19(3)20(4)16-23/h7-8,10-11,13-14,16,18,21H,9,12,15,17H2,1-6H3,(H,28,32)/t21-/m0/s1. The molecule has 0 unspecified atom stereocenters. The van der Waals surface area contributed by atoms with Gasteiger partial charge in [0.25, 0.3) is 0 Å². The molecule has 0 aliphatic carbocycles. The van der Waals surface area contributed by atoms with Crippen LogP contribution in [-0.4, -0.2) is 50.0 Å². The second-order valence-corrected chi connectivity index (χ2v) is 11.5. The highest BCUT2D eigenvalue weighted by Crippen LogP contribution is 2.23. The van der Waals surface area contributed by atoms with Gasteiger partial charge in [-0.3, -0.25) is 13.9 Å². The van der Waals surface area contributed by atoms with Crippen LogP contribution in [0, 0.1) is 13.8 Å². The summed E-state index contributed by atoms with van der Waals surface area (Å²) in [5.41, 5.74) is 3.37. The molecule has 0 saturated carbocycles. The largest absolute Gasteiger partial charge is 0.352 e. The Morgan fingerprint density at radius 3 is 2.26 bits per heavy atom. The van der Waals surface area contributed by atoms with Gasteiger partial charge in [0.05, 0.1) is 11.9 Å². The normalized spacial score (nSPS) is 12.3. The smallest absolute Gasteiger partial charge is 0.242 e. The fourth-order valence-corrected chi connectivity index (χ4v) is 4.84. The number of carbonyl (C=O) groups excluding carboxylic acids is 2. The molecule has 0 aliphatic heterocycles. The number of nitrogens with one attached hydrogen (secondary N) is 1. The average molecular weight is 522 g/mol. The van der Waals surface area contributed by atoms with Crippen molar-refractivity contribution in [3.05, 3.63) is 64.2 Å². The number of anilines is 1. The molecule has 2 aromatic rings. The number of hydrogen-bond donors (Lipinski definition) is 1. The van der Waals surface area contributed by atoms with Crippen LogP contribution >= 0.6 is 11.6 Å². The van der Waals surface area contributed by atoms with Crippen LogP contribution < -0.4 is 9.62 Å². The Hall–Kier alpha value is -2.58. The monoisotopic (exact) mass is 521 g/mol. The predicted octanol–water partition coefficient (Wildman–Crippen LogP) is 4.44. The molecule has 2 rings (SSSR count). The summed E-state index contributed by atoms with van der Waals surface area (Å²) in [6.45, 7) is 9.63. The van der Waals surface area contributed by atoms with E-state index < -0.39 is 16.1 Å². The lowest BCUT2D eigenvalue weighted by Gasteiger charge is -2.30. The van der Waals surface area contributed by atoms with E-state index in [1.807, 2.05) is 52.0 Å². The first-order chi connectivity index (χ1) is 16.3.